The Labute approximate surface area is 184 Å². The Morgan fingerprint density at radius 3 is 2.97 bits per heavy atom. The van der Waals surface area contributed by atoms with Gasteiger partial charge in [-0.05, 0) is 49.7 Å². The zero-order valence-electron chi connectivity index (χ0n) is 17.2. The number of aryl methyl sites for hydroxylation is 1. The van der Waals surface area contributed by atoms with E-state index in [4.69, 9.17) is 22.1 Å². The summed E-state index contributed by atoms with van der Waals surface area (Å²) in [7, 11) is 0. The van der Waals surface area contributed by atoms with Gasteiger partial charge in [-0.1, -0.05) is 23.7 Å². The third kappa shape index (κ3) is 4.64. The first-order valence-electron chi connectivity index (χ1n) is 9.88. The Morgan fingerprint density at radius 1 is 1.32 bits per heavy atom. The third-order valence-corrected chi connectivity index (χ3v) is 5.20. The molecule has 0 radical (unpaired) electrons. The molecule has 1 unspecified atom stereocenters. The average Bonchev–Trinajstić information content (AvgIpc) is 3.31. The van der Waals surface area contributed by atoms with E-state index in [-0.39, 0.29) is 17.8 Å². The molecule has 0 saturated carbocycles. The van der Waals surface area contributed by atoms with Crippen LogP contribution in [0.15, 0.2) is 48.7 Å². The first-order valence-corrected chi connectivity index (χ1v) is 10.3. The molecule has 0 aliphatic carbocycles. The minimum Gasteiger partial charge on any atom is -0.492 e. The Balaban J connectivity index is 1.39. The summed E-state index contributed by atoms with van der Waals surface area (Å²) in [5.74, 6) is 1.38. The zero-order chi connectivity index (χ0) is 22.0. The molecule has 0 saturated heterocycles. The van der Waals surface area contributed by atoms with Crippen LogP contribution in [0.5, 0.6) is 5.75 Å². The molecule has 0 spiro atoms. The van der Waals surface area contributed by atoms with Crippen LogP contribution in [0.3, 0.4) is 0 Å². The largest absolute Gasteiger partial charge is 0.492 e. The predicted octanol–water partition coefficient (Wildman–Crippen LogP) is 3.72. The van der Waals surface area contributed by atoms with E-state index in [2.05, 4.69) is 20.4 Å². The predicted molar refractivity (Wildman–Crippen MR) is 121 cm³/mol. The van der Waals surface area contributed by atoms with Gasteiger partial charge in [-0.15, -0.1) is 0 Å². The molecule has 2 aromatic carbocycles. The van der Waals surface area contributed by atoms with Gasteiger partial charge >= 0.3 is 0 Å². The van der Waals surface area contributed by atoms with Crippen molar-refractivity contribution < 1.29 is 9.53 Å². The van der Waals surface area contributed by atoms with E-state index in [0.29, 0.717) is 29.5 Å². The SMILES string of the molecule is Cc1nc2cc(C(C)n3cc(C(=O)NCCOc4cccc(Cl)c4)c(N)n3)ccc2[nH]1. The summed E-state index contributed by atoms with van der Waals surface area (Å²) in [4.78, 5) is 20.2. The van der Waals surface area contributed by atoms with Crippen LogP contribution in [-0.2, 0) is 0 Å². The molecule has 160 valence electrons. The van der Waals surface area contributed by atoms with Crippen molar-refractivity contribution in [1.29, 1.82) is 0 Å². The van der Waals surface area contributed by atoms with Gasteiger partial charge in [-0.2, -0.15) is 5.10 Å². The van der Waals surface area contributed by atoms with E-state index in [9.17, 15) is 4.79 Å². The van der Waals surface area contributed by atoms with E-state index in [0.717, 1.165) is 22.4 Å². The Bertz CT molecular complexity index is 1230. The number of anilines is 1. The lowest BCUT2D eigenvalue weighted by atomic mass is 10.1. The highest BCUT2D eigenvalue weighted by atomic mass is 35.5. The second-order valence-corrected chi connectivity index (χ2v) is 7.68. The van der Waals surface area contributed by atoms with Crippen molar-refractivity contribution in [2.45, 2.75) is 19.9 Å². The van der Waals surface area contributed by atoms with Gasteiger partial charge in [0.1, 0.15) is 23.7 Å². The number of fused-ring (bicyclic) bond motifs is 1. The summed E-state index contributed by atoms with van der Waals surface area (Å²) in [6.45, 7) is 4.54. The minimum absolute atomic E-state index is 0.114. The van der Waals surface area contributed by atoms with Crippen molar-refractivity contribution in [3.8, 4) is 5.75 Å². The molecule has 1 amide bonds. The molecule has 0 aliphatic heterocycles. The fourth-order valence-electron chi connectivity index (χ4n) is 3.33. The van der Waals surface area contributed by atoms with Gasteiger partial charge in [0, 0.05) is 11.2 Å². The highest BCUT2D eigenvalue weighted by Crippen LogP contribution is 2.23. The number of carbonyl (C=O) groups excluding carboxylic acids is 1. The van der Waals surface area contributed by atoms with Gasteiger partial charge < -0.3 is 20.8 Å². The lowest BCUT2D eigenvalue weighted by Crippen LogP contribution is -2.28. The fourth-order valence-corrected chi connectivity index (χ4v) is 3.51. The number of hydrogen-bond donors (Lipinski definition) is 3. The normalized spacial score (nSPS) is 12.1. The summed E-state index contributed by atoms with van der Waals surface area (Å²) >= 11 is 5.93. The third-order valence-electron chi connectivity index (χ3n) is 4.96. The number of aromatic nitrogens is 4. The number of hydrogen-bond acceptors (Lipinski definition) is 5. The van der Waals surface area contributed by atoms with Gasteiger partial charge in [-0.3, -0.25) is 9.48 Å². The van der Waals surface area contributed by atoms with Crippen LogP contribution in [0.25, 0.3) is 11.0 Å². The summed E-state index contributed by atoms with van der Waals surface area (Å²) in [6.07, 6.45) is 1.66. The number of carbonyl (C=O) groups is 1. The Morgan fingerprint density at radius 2 is 2.16 bits per heavy atom. The number of amides is 1. The maximum atomic E-state index is 12.5. The second-order valence-electron chi connectivity index (χ2n) is 7.24. The number of benzene rings is 2. The van der Waals surface area contributed by atoms with Gasteiger partial charge in [-0.25, -0.2) is 4.98 Å². The number of halogens is 1. The maximum absolute atomic E-state index is 12.5. The highest BCUT2D eigenvalue weighted by molar-refractivity contribution is 6.30. The molecule has 0 fully saturated rings. The van der Waals surface area contributed by atoms with E-state index >= 15 is 0 Å². The number of ether oxygens (including phenoxy) is 1. The smallest absolute Gasteiger partial charge is 0.256 e. The molecular weight excluding hydrogens is 416 g/mol. The molecular formula is C22H23ClN6O2. The topological polar surface area (TPSA) is 111 Å². The van der Waals surface area contributed by atoms with Crippen LogP contribution in [-0.4, -0.2) is 38.8 Å². The van der Waals surface area contributed by atoms with Crippen LogP contribution in [0.1, 0.15) is 34.7 Å². The Hall–Kier alpha value is -3.52. The summed E-state index contributed by atoms with van der Waals surface area (Å²) in [6, 6.07) is 13.0. The average molecular weight is 439 g/mol. The molecule has 8 nitrogen and oxygen atoms in total. The fraction of sp³-hybridized carbons (Fsp3) is 0.227. The van der Waals surface area contributed by atoms with E-state index < -0.39 is 0 Å². The van der Waals surface area contributed by atoms with Gasteiger partial charge in [0.25, 0.3) is 5.91 Å². The standard InChI is InChI=1S/C22H23ClN6O2/c1-13(15-6-7-19-20(10-15)27-14(2)26-19)29-12-18(21(24)28-29)22(30)25-8-9-31-17-5-3-4-16(23)11-17/h3-7,10-13H,8-9H2,1-2H3,(H2,24,28)(H,25,30)(H,26,27). The van der Waals surface area contributed by atoms with E-state index in [1.807, 2.05) is 32.0 Å². The van der Waals surface area contributed by atoms with Crippen molar-refractivity contribution in [1.82, 2.24) is 25.1 Å². The lowest BCUT2D eigenvalue weighted by Gasteiger charge is -2.12. The minimum atomic E-state index is -0.302. The summed E-state index contributed by atoms with van der Waals surface area (Å²) < 4.78 is 7.27. The van der Waals surface area contributed by atoms with E-state index in [1.54, 1.807) is 35.1 Å². The Kier molecular flexibility index (Phi) is 5.81. The number of nitrogens with two attached hydrogens (primary N) is 1. The molecule has 1 atom stereocenters. The van der Waals surface area contributed by atoms with Crippen LogP contribution >= 0.6 is 11.6 Å². The van der Waals surface area contributed by atoms with Crippen LogP contribution in [0, 0.1) is 6.92 Å². The molecule has 0 aliphatic rings. The van der Waals surface area contributed by atoms with Crippen molar-refractivity contribution in [3.63, 3.8) is 0 Å². The lowest BCUT2D eigenvalue weighted by molar-refractivity contribution is 0.0947. The summed E-state index contributed by atoms with van der Waals surface area (Å²) in [5, 5.41) is 7.73. The quantitative estimate of drug-likeness (QED) is 0.381. The number of aromatic amines is 1. The highest BCUT2D eigenvalue weighted by Gasteiger charge is 2.18. The first-order chi connectivity index (χ1) is 14.9. The van der Waals surface area contributed by atoms with Gasteiger partial charge in [0.05, 0.1) is 23.6 Å². The number of nitrogens with one attached hydrogen (secondary N) is 2. The van der Waals surface area contributed by atoms with Crippen LogP contribution < -0.4 is 15.8 Å². The molecule has 4 rings (SSSR count). The van der Waals surface area contributed by atoms with Crippen molar-refractivity contribution in [2.24, 2.45) is 0 Å². The number of H-pyrrole nitrogens is 1. The molecule has 0 bridgehead atoms. The van der Waals surface area contributed by atoms with Crippen molar-refractivity contribution in [3.05, 3.63) is 70.6 Å². The molecule has 4 N–H and O–H groups in total. The van der Waals surface area contributed by atoms with Crippen molar-refractivity contribution in [2.75, 3.05) is 18.9 Å². The monoisotopic (exact) mass is 438 g/mol. The molecule has 2 aromatic heterocycles. The number of nitrogens with zero attached hydrogens (tertiary/aromatic N) is 3. The molecule has 4 aromatic rings. The molecule has 31 heavy (non-hydrogen) atoms. The second kappa shape index (κ2) is 8.69. The van der Waals surface area contributed by atoms with Crippen LogP contribution in [0.4, 0.5) is 5.82 Å². The molecule has 2 heterocycles. The molecule has 9 heteroatoms. The number of rotatable bonds is 7. The number of nitrogen functional groups attached to an aromatic ring is 1. The zero-order valence-corrected chi connectivity index (χ0v) is 18.0. The van der Waals surface area contributed by atoms with Crippen LogP contribution in [0.2, 0.25) is 5.02 Å². The number of imidazole rings is 1. The summed E-state index contributed by atoms with van der Waals surface area (Å²) in [5.41, 5.74) is 9.22. The maximum Gasteiger partial charge on any atom is 0.256 e. The van der Waals surface area contributed by atoms with E-state index in [1.165, 1.54) is 0 Å². The van der Waals surface area contributed by atoms with Gasteiger partial charge in [0.2, 0.25) is 0 Å². The van der Waals surface area contributed by atoms with Crippen molar-refractivity contribution >= 4 is 34.4 Å². The van der Waals surface area contributed by atoms with Gasteiger partial charge in [0.15, 0.2) is 5.82 Å². The first kappa shape index (κ1) is 20.7.